The van der Waals surface area contributed by atoms with E-state index in [-0.39, 0.29) is 0 Å². The van der Waals surface area contributed by atoms with Crippen LogP contribution in [0.4, 0.5) is 0 Å². The van der Waals surface area contributed by atoms with Crippen LogP contribution in [0.1, 0.15) is 11.1 Å². The summed E-state index contributed by atoms with van der Waals surface area (Å²) in [5, 5.41) is 10.3. The first-order valence-electron chi connectivity index (χ1n) is 8.82. The molecule has 0 aliphatic carbocycles. The predicted molar refractivity (Wildman–Crippen MR) is 108 cm³/mol. The molecule has 0 unspecified atom stereocenters. The summed E-state index contributed by atoms with van der Waals surface area (Å²) < 4.78 is 0. The van der Waals surface area contributed by atoms with Crippen LogP contribution in [-0.2, 0) is 6.42 Å². The van der Waals surface area contributed by atoms with E-state index in [4.69, 9.17) is 0 Å². The molecule has 0 aliphatic heterocycles. The van der Waals surface area contributed by atoms with Gasteiger partial charge in [-0.2, -0.15) is 0 Å². The molecule has 1 nitrogen and oxygen atoms in total. The smallest absolute Gasteiger partial charge is 0.123 e. The molecule has 0 bridgehead atoms. The highest BCUT2D eigenvalue weighted by Gasteiger charge is 2.11. The van der Waals surface area contributed by atoms with E-state index in [1.807, 2.05) is 30.3 Å². The largest absolute Gasteiger partial charge is 0.507 e. The lowest BCUT2D eigenvalue weighted by Crippen LogP contribution is -1.94. The van der Waals surface area contributed by atoms with Crippen LogP contribution in [0.3, 0.4) is 0 Å². The van der Waals surface area contributed by atoms with Crippen molar-refractivity contribution in [2.45, 2.75) is 6.42 Å². The van der Waals surface area contributed by atoms with Crippen molar-refractivity contribution in [1.82, 2.24) is 0 Å². The van der Waals surface area contributed by atoms with Gasteiger partial charge in [-0.15, -0.1) is 0 Å². The van der Waals surface area contributed by atoms with Crippen molar-refractivity contribution in [1.29, 1.82) is 0 Å². The lowest BCUT2D eigenvalue weighted by Gasteiger charge is -2.14. The minimum Gasteiger partial charge on any atom is -0.507 e. The van der Waals surface area contributed by atoms with Gasteiger partial charge in [0.05, 0.1) is 0 Å². The van der Waals surface area contributed by atoms with E-state index < -0.39 is 0 Å². The number of para-hydroxylation sites is 1. The second kappa shape index (κ2) is 7.28. The highest BCUT2D eigenvalue weighted by Crippen LogP contribution is 2.35. The molecule has 0 aliphatic rings. The summed E-state index contributed by atoms with van der Waals surface area (Å²) in [5.41, 5.74) is 6.81. The van der Waals surface area contributed by atoms with Gasteiger partial charge in [0.15, 0.2) is 0 Å². The SMILES string of the molecule is Oc1ccccc1-c1ccc(-c2ccccc2)cc1Cc1ccccc1. The maximum Gasteiger partial charge on any atom is 0.123 e. The fourth-order valence-electron chi connectivity index (χ4n) is 3.33. The Balaban J connectivity index is 1.84. The molecular weight excluding hydrogens is 316 g/mol. The summed E-state index contributed by atoms with van der Waals surface area (Å²) >= 11 is 0. The molecule has 126 valence electrons. The first kappa shape index (κ1) is 16.2. The second-order valence-electron chi connectivity index (χ2n) is 6.42. The first-order chi connectivity index (χ1) is 12.8. The minimum absolute atomic E-state index is 0.314. The van der Waals surface area contributed by atoms with Crippen molar-refractivity contribution >= 4 is 0 Å². The maximum absolute atomic E-state index is 10.3. The molecular formula is C25H20O. The number of benzene rings is 4. The molecule has 26 heavy (non-hydrogen) atoms. The number of rotatable bonds is 4. The van der Waals surface area contributed by atoms with Crippen molar-refractivity contribution in [2.75, 3.05) is 0 Å². The predicted octanol–water partition coefficient (Wildman–Crippen LogP) is 6.32. The second-order valence-corrected chi connectivity index (χ2v) is 6.42. The van der Waals surface area contributed by atoms with Crippen LogP contribution < -0.4 is 0 Å². The van der Waals surface area contributed by atoms with E-state index in [1.54, 1.807) is 6.07 Å². The molecule has 0 atom stereocenters. The van der Waals surface area contributed by atoms with Gasteiger partial charge >= 0.3 is 0 Å². The lowest BCUT2D eigenvalue weighted by atomic mass is 9.91. The van der Waals surface area contributed by atoms with Crippen LogP contribution in [0.2, 0.25) is 0 Å². The Morgan fingerprint density at radius 2 is 1.19 bits per heavy atom. The minimum atomic E-state index is 0.314. The zero-order valence-electron chi connectivity index (χ0n) is 14.5. The third-order valence-electron chi connectivity index (χ3n) is 4.64. The van der Waals surface area contributed by atoms with E-state index in [0.717, 1.165) is 17.5 Å². The Labute approximate surface area is 154 Å². The fourth-order valence-corrected chi connectivity index (χ4v) is 3.33. The van der Waals surface area contributed by atoms with Crippen LogP contribution >= 0.6 is 0 Å². The van der Waals surface area contributed by atoms with Crippen LogP contribution in [0, 0.1) is 0 Å². The highest BCUT2D eigenvalue weighted by atomic mass is 16.3. The lowest BCUT2D eigenvalue weighted by molar-refractivity contribution is 0.477. The summed E-state index contributed by atoms with van der Waals surface area (Å²) in [5.74, 6) is 0.314. The zero-order valence-corrected chi connectivity index (χ0v) is 14.5. The number of hydrogen-bond donors (Lipinski definition) is 1. The number of hydrogen-bond acceptors (Lipinski definition) is 1. The molecule has 0 fully saturated rings. The van der Waals surface area contributed by atoms with Crippen LogP contribution in [0.25, 0.3) is 22.3 Å². The molecule has 0 spiro atoms. The van der Waals surface area contributed by atoms with Crippen molar-refractivity contribution in [3.05, 3.63) is 114 Å². The van der Waals surface area contributed by atoms with E-state index in [2.05, 4.69) is 66.7 Å². The Morgan fingerprint density at radius 3 is 1.92 bits per heavy atom. The Morgan fingerprint density at radius 1 is 0.538 bits per heavy atom. The molecule has 0 amide bonds. The van der Waals surface area contributed by atoms with E-state index in [9.17, 15) is 5.11 Å². The first-order valence-corrected chi connectivity index (χ1v) is 8.82. The molecule has 0 saturated carbocycles. The quantitative estimate of drug-likeness (QED) is 0.462. The van der Waals surface area contributed by atoms with Crippen molar-refractivity contribution in [3.8, 4) is 28.0 Å². The molecule has 0 radical (unpaired) electrons. The monoisotopic (exact) mass is 336 g/mol. The van der Waals surface area contributed by atoms with Crippen molar-refractivity contribution in [3.63, 3.8) is 0 Å². The average molecular weight is 336 g/mol. The average Bonchev–Trinajstić information content (AvgIpc) is 2.70. The van der Waals surface area contributed by atoms with Crippen LogP contribution in [0.5, 0.6) is 5.75 Å². The number of aromatic hydroxyl groups is 1. The van der Waals surface area contributed by atoms with Gasteiger partial charge in [-0.1, -0.05) is 97.1 Å². The van der Waals surface area contributed by atoms with E-state index in [0.29, 0.717) is 5.75 Å². The van der Waals surface area contributed by atoms with Crippen molar-refractivity contribution < 1.29 is 5.11 Å². The van der Waals surface area contributed by atoms with Gasteiger partial charge in [0.25, 0.3) is 0 Å². The highest BCUT2D eigenvalue weighted by molar-refractivity contribution is 5.77. The molecule has 0 heterocycles. The summed E-state index contributed by atoms with van der Waals surface area (Å²) in [4.78, 5) is 0. The Bertz CT molecular complexity index is 1000. The molecule has 4 aromatic rings. The molecule has 0 saturated heterocycles. The molecule has 0 aromatic heterocycles. The summed E-state index contributed by atoms with van der Waals surface area (Å²) in [6.45, 7) is 0. The number of phenolic OH excluding ortho intramolecular Hbond substituents is 1. The van der Waals surface area contributed by atoms with Gasteiger partial charge in [-0.25, -0.2) is 0 Å². The van der Waals surface area contributed by atoms with E-state index in [1.165, 1.54) is 22.3 Å². The summed E-state index contributed by atoms with van der Waals surface area (Å²) in [6, 6.07) is 34.9. The standard InChI is InChI=1S/C25H20O/c26-25-14-8-7-13-24(25)23-16-15-21(20-11-5-2-6-12-20)18-22(23)17-19-9-3-1-4-10-19/h1-16,18,26H,17H2. The molecule has 4 rings (SSSR count). The third-order valence-corrected chi connectivity index (χ3v) is 4.64. The summed E-state index contributed by atoms with van der Waals surface area (Å²) in [6.07, 6.45) is 0.825. The molecule has 1 N–H and O–H groups in total. The van der Waals surface area contributed by atoms with Crippen molar-refractivity contribution in [2.24, 2.45) is 0 Å². The maximum atomic E-state index is 10.3. The van der Waals surface area contributed by atoms with Gasteiger partial charge in [0.1, 0.15) is 5.75 Å². The zero-order chi connectivity index (χ0) is 17.8. The van der Waals surface area contributed by atoms with Gasteiger partial charge < -0.3 is 5.11 Å². The van der Waals surface area contributed by atoms with Gasteiger partial charge in [-0.3, -0.25) is 0 Å². The topological polar surface area (TPSA) is 20.2 Å². The fraction of sp³-hybridized carbons (Fsp3) is 0.0400. The summed E-state index contributed by atoms with van der Waals surface area (Å²) in [7, 11) is 0. The Kier molecular flexibility index (Phi) is 4.53. The van der Waals surface area contributed by atoms with Crippen LogP contribution in [0.15, 0.2) is 103 Å². The Hall–Kier alpha value is -3.32. The molecule has 1 heteroatoms. The third kappa shape index (κ3) is 3.38. The number of phenols is 1. The van der Waals surface area contributed by atoms with E-state index >= 15 is 0 Å². The van der Waals surface area contributed by atoms with Gasteiger partial charge in [-0.05, 0) is 40.3 Å². The van der Waals surface area contributed by atoms with Crippen LogP contribution in [-0.4, -0.2) is 5.11 Å². The normalized spacial score (nSPS) is 10.6. The van der Waals surface area contributed by atoms with Gasteiger partial charge in [0, 0.05) is 5.56 Å². The molecule has 4 aromatic carbocycles. The van der Waals surface area contributed by atoms with Gasteiger partial charge in [0.2, 0.25) is 0 Å².